The van der Waals surface area contributed by atoms with Gasteiger partial charge in [0, 0.05) is 49.9 Å². The molecule has 1 aliphatic heterocycles. The highest BCUT2D eigenvalue weighted by molar-refractivity contribution is 7.15. The lowest BCUT2D eigenvalue weighted by atomic mass is 10.2. The van der Waals surface area contributed by atoms with Crippen LogP contribution in [0.1, 0.15) is 23.2 Å². The third kappa shape index (κ3) is 2.52. The summed E-state index contributed by atoms with van der Waals surface area (Å²) in [5, 5.41) is 1.76. The molecule has 0 unspecified atom stereocenters. The smallest absolute Gasteiger partial charge is 0.271 e. The van der Waals surface area contributed by atoms with Crippen LogP contribution in [0.2, 0.25) is 0 Å². The topological polar surface area (TPSA) is 75.0 Å². The van der Waals surface area contributed by atoms with E-state index in [0.29, 0.717) is 31.1 Å². The van der Waals surface area contributed by atoms with E-state index in [9.17, 15) is 14.4 Å². The van der Waals surface area contributed by atoms with Crippen LogP contribution in [0.25, 0.3) is 4.96 Å². The maximum atomic E-state index is 12.6. The lowest BCUT2D eigenvalue weighted by molar-refractivity contribution is -0.134. The Morgan fingerprint density at radius 3 is 2.52 bits per heavy atom. The summed E-state index contributed by atoms with van der Waals surface area (Å²) in [5.74, 6) is 0.104. The maximum Gasteiger partial charge on any atom is 0.271 e. The third-order valence-electron chi connectivity index (χ3n) is 4.38. The summed E-state index contributed by atoms with van der Waals surface area (Å²) in [6.07, 6.45) is 4.96. The number of rotatable bonds is 2. The van der Waals surface area contributed by atoms with E-state index in [-0.39, 0.29) is 28.9 Å². The van der Waals surface area contributed by atoms with Gasteiger partial charge >= 0.3 is 0 Å². The van der Waals surface area contributed by atoms with Gasteiger partial charge in [0.1, 0.15) is 5.56 Å². The van der Waals surface area contributed by atoms with Crippen molar-refractivity contribution in [3.8, 4) is 0 Å². The minimum atomic E-state index is -0.335. The first kappa shape index (κ1) is 14.4. The van der Waals surface area contributed by atoms with E-state index >= 15 is 0 Å². The Morgan fingerprint density at radius 2 is 1.83 bits per heavy atom. The summed E-state index contributed by atoms with van der Waals surface area (Å²) in [4.78, 5) is 45.2. The molecule has 2 aromatic heterocycles. The first-order valence-electron chi connectivity index (χ1n) is 7.68. The average molecular weight is 332 g/mol. The van der Waals surface area contributed by atoms with E-state index in [0.717, 1.165) is 12.8 Å². The molecule has 2 aromatic rings. The normalized spacial score (nSPS) is 18.4. The van der Waals surface area contributed by atoms with Crippen molar-refractivity contribution in [2.24, 2.45) is 5.92 Å². The molecule has 4 rings (SSSR count). The Kier molecular flexibility index (Phi) is 3.41. The van der Waals surface area contributed by atoms with Crippen molar-refractivity contribution in [3.63, 3.8) is 0 Å². The molecule has 0 N–H and O–H groups in total. The molecule has 7 nitrogen and oxygen atoms in total. The molecule has 2 fully saturated rings. The van der Waals surface area contributed by atoms with Crippen molar-refractivity contribution in [2.45, 2.75) is 12.8 Å². The minimum Gasteiger partial charge on any atom is -0.339 e. The van der Waals surface area contributed by atoms with Crippen molar-refractivity contribution < 1.29 is 9.59 Å². The van der Waals surface area contributed by atoms with Gasteiger partial charge in [-0.3, -0.25) is 18.8 Å². The molecule has 1 aliphatic carbocycles. The van der Waals surface area contributed by atoms with Gasteiger partial charge in [-0.15, -0.1) is 11.3 Å². The quantitative estimate of drug-likeness (QED) is 0.800. The molecule has 0 spiro atoms. The average Bonchev–Trinajstić information content (AvgIpc) is 3.31. The van der Waals surface area contributed by atoms with Gasteiger partial charge in [-0.05, 0) is 12.8 Å². The molecule has 2 aliphatic rings. The van der Waals surface area contributed by atoms with Gasteiger partial charge in [-0.2, -0.15) is 0 Å². The number of amides is 2. The fourth-order valence-electron chi connectivity index (χ4n) is 2.86. The number of hydrogen-bond acceptors (Lipinski definition) is 5. The van der Waals surface area contributed by atoms with Crippen LogP contribution in [0, 0.1) is 5.92 Å². The van der Waals surface area contributed by atoms with E-state index < -0.39 is 0 Å². The van der Waals surface area contributed by atoms with Crippen molar-refractivity contribution in [1.82, 2.24) is 19.2 Å². The van der Waals surface area contributed by atoms with Gasteiger partial charge in [-0.1, -0.05) is 0 Å². The van der Waals surface area contributed by atoms with Crippen molar-refractivity contribution in [1.29, 1.82) is 0 Å². The summed E-state index contributed by atoms with van der Waals surface area (Å²) >= 11 is 1.35. The molecule has 8 heteroatoms. The predicted molar refractivity (Wildman–Crippen MR) is 84.5 cm³/mol. The largest absolute Gasteiger partial charge is 0.339 e. The summed E-state index contributed by atoms with van der Waals surface area (Å²) in [6, 6.07) is 0. The van der Waals surface area contributed by atoms with Gasteiger partial charge in [0.15, 0.2) is 4.96 Å². The van der Waals surface area contributed by atoms with Crippen LogP contribution in [-0.2, 0) is 4.79 Å². The lowest BCUT2D eigenvalue weighted by Crippen LogP contribution is -2.51. The Balaban J connectivity index is 1.49. The van der Waals surface area contributed by atoms with Crippen molar-refractivity contribution in [3.05, 3.63) is 33.7 Å². The van der Waals surface area contributed by atoms with Crippen LogP contribution >= 0.6 is 11.3 Å². The lowest BCUT2D eigenvalue weighted by Gasteiger charge is -2.34. The molecule has 1 saturated heterocycles. The van der Waals surface area contributed by atoms with Crippen LogP contribution in [0.5, 0.6) is 0 Å². The molecule has 0 aromatic carbocycles. The first-order chi connectivity index (χ1) is 11.1. The first-order valence-corrected chi connectivity index (χ1v) is 8.56. The summed E-state index contributed by atoms with van der Waals surface area (Å²) in [6.45, 7) is 2.00. The number of carbonyl (C=O) groups excluding carboxylic acids is 2. The molecule has 3 heterocycles. The van der Waals surface area contributed by atoms with Crippen molar-refractivity contribution >= 4 is 28.1 Å². The number of thiazole rings is 1. The molecule has 1 saturated carbocycles. The van der Waals surface area contributed by atoms with E-state index in [1.54, 1.807) is 16.5 Å². The van der Waals surface area contributed by atoms with E-state index in [2.05, 4.69) is 4.98 Å². The van der Waals surface area contributed by atoms with Crippen LogP contribution in [-0.4, -0.2) is 57.2 Å². The Hall–Kier alpha value is -2.22. The molecule has 2 amide bonds. The monoisotopic (exact) mass is 332 g/mol. The number of carbonyl (C=O) groups is 2. The molecule has 0 radical (unpaired) electrons. The van der Waals surface area contributed by atoms with E-state index in [1.165, 1.54) is 21.9 Å². The molecular weight excluding hydrogens is 316 g/mol. The number of piperazine rings is 1. The Morgan fingerprint density at radius 1 is 1.13 bits per heavy atom. The Labute approximate surface area is 136 Å². The van der Waals surface area contributed by atoms with Crippen LogP contribution < -0.4 is 5.56 Å². The summed E-state index contributed by atoms with van der Waals surface area (Å²) < 4.78 is 1.39. The Bertz CT molecular complexity index is 831. The fourth-order valence-corrected chi connectivity index (χ4v) is 3.54. The maximum absolute atomic E-state index is 12.6. The third-order valence-corrected chi connectivity index (χ3v) is 5.15. The number of nitrogens with zero attached hydrogens (tertiary/aromatic N) is 4. The number of aromatic nitrogens is 2. The van der Waals surface area contributed by atoms with Crippen LogP contribution in [0.15, 0.2) is 22.6 Å². The van der Waals surface area contributed by atoms with Gasteiger partial charge in [0.05, 0.1) is 0 Å². The summed E-state index contributed by atoms with van der Waals surface area (Å²) in [7, 11) is 0. The predicted octanol–water partition coefficient (Wildman–Crippen LogP) is 0.450. The molecular formula is C15H16N4O3S. The highest BCUT2D eigenvalue weighted by atomic mass is 32.1. The molecule has 23 heavy (non-hydrogen) atoms. The zero-order chi connectivity index (χ0) is 16.0. The van der Waals surface area contributed by atoms with Gasteiger partial charge in [0.25, 0.3) is 11.5 Å². The zero-order valence-corrected chi connectivity index (χ0v) is 13.3. The second-order valence-electron chi connectivity index (χ2n) is 5.92. The van der Waals surface area contributed by atoms with E-state index in [4.69, 9.17) is 0 Å². The van der Waals surface area contributed by atoms with Crippen LogP contribution in [0.3, 0.4) is 0 Å². The van der Waals surface area contributed by atoms with Crippen LogP contribution in [0.4, 0.5) is 0 Å². The van der Waals surface area contributed by atoms with Gasteiger partial charge in [0.2, 0.25) is 5.91 Å². The molecule has 0 atom stereocenters. The highest BCUT2D eigenvalue weighted by Gasteiger charge is 2.35. The number of hydrogen-bond donors (Lipinski definition) is 0. The minimum absolute atomic E-state index is 0.0860. The molecule has 120 valence electrons. The summed E-state index contributed by atoms with van der Waals surface area (Å²) in [5.41, 5.74) is -0.249. The van der Waals surface area contributed by atoms with Gasteiger partial charge < -0.3 is 9.80 Å². The standard InChI is InChI=1S/C15H16N4O3S/c20-12(10-1-2-10)17-3-5-18(6-4-17)13(21)11-9-16-15-19(14(11)22)7-8-23-15/h7-10H,1-6H2. The van der Waals surface area contributed by atoms with E-state index in [1.807, 2.05) is 4.90 Å². The highest BCUT2D eigenvalue weighted by Crippen LogP contribution is 2.31. The fraction of sp³-hybridized carbons (Fsp3) is 0.467. The second kappa shape index (κ2) is 5.45. The second-order valence-corrected chi connectivity index (χ2v) is 6.80. The van der Waals surface area contributed by atoms with Gasteiger partial charge in [-0.25, -0.2) is 4.98 Å². The SMILES string of the molecule is O=C(c1cnc2sccn2c1=O)N1CCN(C(=O)C2CC2)CC1. The zero-order valence-electron chi connectivity index (χ0n) is 12.5. The van der Waals surface area contributed by atoms with Crippen molar-refractivity contribution in [2.75, 3.05) is 26.2 Å². The number of fused-ring (bicyclic) bond motifs is 1. The molecule has 0 bridgehead atoms.